The molecule has 220 valence electrons. The number of likely N-dealkylation sites (tertiary alicyclic amines) is 1. The molecule has 2 unspecified atom stereocenters. The van der Waals surface area contributed by atoms with Crippen LogP contribution in [-0.2, 0) is 29.9 Å². The molecule has 2 aromatic carbocycles. The maximum Gasteiger partial charge on any atom is 0.331 e. The van der Waals surface area contributed by atoms with Crippen molar-refractivity contribution < 1.29 is 48.8 Å². The molecular weight excluding hydrogens is 545 g/mol. The minimum Gasteiger partial charge on any atom is -0.479 e. The molecule has 1 aliphatic heterocycles. The van der Waals surface area contributed by atoms with E-state index in [0.717, 1.165) is 17.7 Å². The Morgan fingerprint density at radius 3 is 2.38 bits per heavy atom. The third kappa shape index (κ3) is 7.64. The third-order valence-electron chi connectivity index (χ3n) is 7.05. The Morgan fingerprint density at radius 2 is 1.73 bits per heavy atom. The van der Waals surface area contributed by atoms with Crippen LogP contribution in [-0.4, -0.2) is 110 Å². The molecule has 0 radical (unpaired) electrons. The van der Waals surface area contributed by atoms with Crippen LogP contribution in [0.5, 0.6) is 0 Å². The van der Waals surface area contributed by atoms with Crippen LogP contribution in [0.25, 0.3) is 10.8 Å². The molecule has 7 N–H and O–H groups in total. The van der Waals surface area contributed by atoms with Crippen LogP contribution in [0.3, 0.4) is 0 Å². The zero-order chi connectivity index (χ0) is 29.7. The van der Waals surface area contributed by atoms with Crippen molar-refractivity contribution in [1.29, 1.82) is 0 Å². The highest BCUT2D eigenvalue weighted by molar-refractivity contribution is 7.52. The van der Waals surface area contributed by atoms with Gasteiger partial charge in [-0.25, -0.2) is 4.79 Å². The zero-order valence-electron chi connectivity index (χ0n) is 22.3. The Bertz CT molecular complexity index is 1270. The molecule has 0 bridgehead atoms. The van der Waals surface area contributed by atoms with E-state index in [0.29, 0.717) is 5.56 Å². The minimum absolute atomic E-state index is 0.0829. The van der Waals surface area contributed by atoms with Gasteiger partial charge < -0.3 is 40.5 Å². The van der Waals surface area contributed by atoms with Gasteiger partial charge in [0.1, 0.15) is 0 Å². The van der Waals surface area contributed by atoms with Crippen LogP contribution in [0.2, 0.25) is 0 Å². The van der Waals surface area contributed by atoms with E-state index in [9.17, 15) is 44.3 Å². The van der Waals surface area contributed by atoms with Crippen molar-refractivity contribution in [3.05, 3.63) is 48.0 Å². The molecule has 2 aromatic rings. The number of carboxylic acids is 1. The summed E-state index contributed by atoms with van der Waals surface area (Å²) in [5.74, 6) is -2.48. The van der Waals surface area contributed by atoms with Crippen LogP contribution in [0.15, 0.2) is 42.5 Å². The summed E-state index contributed by atoms with van der Waals surface area (Å²) in [6.45, 7) is 0.734. The topological polar surface area (TPSA) is 206 Å². The zero-order valence-corrected chi connectivity index (χ0v) is 23.2. The number of aliphatic hydroxyl groups is 3. The number of hydrogen-bond acceptors (Lipinski definition) is 9. The first-order chi connectivity index (χ1) is 18.8. The Labute approximate surface area is 231 Å². The molecule has 1 saturated heterocycles. The lowest BCUT2D eigenvalue weighted by Crippen LogP contribution is -2.55. The lowest BCUT2D eigenvalue weighted by Gasteiger charge is -2.31. The second kappa shape index (κ2) is 13.2. The van der Waals surface area contributed by atoms with Crippen LogP contribution >= 0.6 is 7.60 Å². The van der Waals surface area contributed by atoms with Crippen molar-refractivity contribution in [2.24, 2.45) is 0 Å². The quantitative estimate of drug-likeness (QED) is 0.149. The van der Waals surface area contributed by atoms with Gasteiger partial charge in [-0.05, 0) is 23.3 Å². The summed E-state index contributed by atoms with van der Waals surface area (Å²) in [5, 5.41) is 46.8. The predicted octanol–water partition coefficient (Wildman–Crippen LogP) is -0.553. The van der Waals surface area contributed by atoms with Crippen molar-refractivity contribution in [1.82, 2.24) is 15.5 Å². The highest BCUT2D eigenvalue weighted by atomic mass is 31.2. The number of amides is 2. The number of aliphatic hydroxyl groups excluding tert-OH is 3. The first-order valence-corrected chi connectivity index (χ1v) is 14.5. The monoisotopic (exact) mass is 581 g/mol. The fourth-order valence-corrected chi connectivity index (χ4v) is 5.86. The molecular formula is C26H36N3O10P. The van der Waals surface area contributed by atoms with E-state index in [4.69, 9.17) is 4.52 Å². The summed E-state index contributed by atoms with van der Waals surface area (Å²) in [4.78, 5) is 48.0. The lowest BCUT2D eigenvalue weighted by molar-refractivity contribution is -0.148. The minimum atomic E-state index is -4.45. The lowest BCUT2D eigenvalue weighted by atomic mass is 10.00. The number of fused-ring (bicyclic) bond motifs is 1. The number of benzene rings is 2. The van der Waals surface area contributed by atoms with Crippen molar-refractivity contribution in [2.45, 2.75) is 50.1 Å². The Morgan fingerprint density at radius 1 is 1.07 bits per heavy atom. The SMILES string of the molecule is CC(=O)NC[C@@H]1[C@@H](O)[C@H](O)[C@@H](CO)N1CCP(=O)(O)OCC(C)(NC(=O)Cc1cccc2ccccc12)C(=O)O. The second-order valence-electron chi connectivity index (χ2n) is 10.1. The average molecular weight is 582 g/mol. The predicted molar refractivity (Wildman–Crippen MR) is 145 cm³/mol. The molecule has 0 spiro atoms. The van der Waals surface area contributed by atoms with Crippen LogP contribution < -0.4 is 10.6 Å². The number of hydrogen-bond donors (Lipinski definition) is 7. The fourth-order valence-electron chi connectivity index (χ4n) is 4.78. The first-order valence-electron chi connectivity index (χ1n) is 12.7. The molecule has 40 heavy (non-hydrogen) atoms. The Hall–Kier alpha value is -2.90. The fraction of sp³-hybridized carbons (Fsp3) is 0.500. The van der Waals surface area contributed by atoms with Crippen molar-refractivity contribution in [3.63, 3.8) is 0 Å². The van der Waals surface area contributed by atoms with Gasteiger partial charge in [-0.1, -0.05) is 42.5 Å². The van der Waals surface area contributed by atoms with Gasteiger partial charge in [-0.3, -0.25) is 19.1 Å². The molecule has 3 rings (SSSR count). The molecule has 14 heteroatoms. The highest BCUT2D eigenvalue weighted by Gasteiger charge is 2.47. The van der Waals surface area contributed by atoms with E-state index >= 15 is 0 Å². The van der Waals surface area contributed by atoms with Crippen molar-refractivity contribution in [2.75, 3.05) is 32.5 Å². The maximum absolute atomic E-state index is 12.8. The van der Waals surface area contributed by atoms with Gasteiger partial charge in [-0.2, -0.15) is 0 Å². The first kappa shape index (κ1) is 31.6. The summed E-state index contributed by atoms with van der Waals surface area (Å²) in [7, 11) is -4.45. The number of nitrogens with one attached hydrogen (secondary N) is 2. The molecule has 0 aromatic heterocycles. The van der Waals surface area contributed by atoms with Gasteiger partial charge in [0.15, 0.2) is 5.54 Å². The van der Waals surface area contributed by atoms with Crippen LogP contribution in [0.1, 0.15) is 19.4 Å². The summed E-state index contributed by atoms with van der Waals surface area (Å²) < 4.78 is 18.0. The molecule has 1 heterocycles. The summed E-state index contributed by atoms with van der Waals surface area (Å²) in [6, 6.07) is 11.0. The molecule has 0 aliphatic carbocycles. The average Bonchev–Trinajstić information content (AvgIpc) is 3.13. The molecule has 1 fully saturated rings. The summed E-state index contributed by atoms with van der Waals surface area (Å²) in [5.41, 5.74) is -1.35. The maximum atomic E-state index is 12.8. The number of carbonyl (C=O) groups excluding carboxylic acids is 2. The molecule has 1 aliphatic rings. The normalized spacial score (nSPS) is 24.2. The summed E-state index contributed by atoms with van der Waals surface area (Å²) in [6.07, 6.45) is -3.37. The van der Waals surface area contributed by atoms with Gasteiger partial charge >= 0.3 is 13.6 Å². The van der Waals surface area contributed by atoms with E-state index in [-0.39, 0.29) is 25.4 Å². The van der Waals surface area contributed by atoms with Crippen molar-refractivity contribution >= 4 is 36.2 Å². The van der Waals surface area contributed by atoms with Gasteiger partial charge in [0, 0.05) is 20.0 Å². The van der Waals surface area contributed by atoms with Gasteiger partial charge in [-0.15, -0.1) is 0 Å². The number of nitrogens with zero attached hydrogens (tertiary/aromatic N) is 1. The standard InChI is InChI=1S/C26H36N3O10P/c1-16(31)27-13-20-23(33)24(34)21(14-30)29(20)10-11-40(37,38)39-15-26(2,25(35)36)28-22(32)12-18-8-5-7-17-6-3-4-9-19(17)18/h3-9,20-21,23-24,30,33-34H,10-15H2,1-2H3,(H,27,31)(H,28,32)(H,35,36)(H,37,38)/t20-,21-,23-,24-,26?/m1/s1. The number of carbonyl (C=O) groups is 3. The molecule has 2 amide bonds. The summed E-state index contributed by atoms with van der Waals surface area (Å²) >= 11 is 0. The smallest absolute Gasteiger partial charge is 0.331 e. The van der Waals surface area contributed by atoms with Gasteiger partial charge in [0.25, 0.3) is 0 Å². The van der Waals surface area contributed by atoms with Crippen molar-refractivity contribution in [3.8, 4) is 0 Å². The Kier molecular flexibility index (Phi) is 10.4. The van der Waals surface area contributed by atoms with E-state index in [1.165, 1.54) is 11.8 Å². The van der Waals surface area contributed by atoms with E-state index < -0.39 is 68.7 Å². The largest absolute Gasteiger partial charge is 0.479 e. The van der Waals surface area contributed by atoms with Gasteiger partial charge in [0.2, 0.25) is 11.8 Å². The van der Waals surface area contributed by atoms with Crippen LogP contribution in [0.4, 0.5) is 0 Å². The number of carboxylic acid groups (broad SMARTS) is 1. The molecule has 13 nitrogen and oxygen atoms in total. The van der Waals surface area contributed by atoms with Gasteiger partial charge in [0.05, 0.1) is 50.1 Å². The molecule has 0 saturated carbocycles. The van der Waals surface area contributed by atoms with Crippen LogP contribution in [0, 0.1) is 0 Å². The molecule has 6 atom stereocenters. The highest BCUT2D eigenvalue weighted by Crippen LogP contribution is 2.43. The van der Waals surface area contributed by atoms with E-state index in [2.05, 4.69) is 10.6 Å². The van der Waals surface area contributed by atoms with E-state index in [1.807, 2.05) is 30.3 Å². The Balaban J connectivity index is 1.64. The number of rotatable bonds is 13. The second-order valence-corrected chi connectivity index (χ2v) is 12.1. The third-order valence-corrected chi connectivity index (χ3v) is 8.35. The number of aliphatic carboxylic acids is 1. The van der Waals surface area contributed by atoms with E-state index in [1.54, 1.807) is 12.1 Å².